The molecule has 3 rings (SSSR count). The van der Waals surface area contributed by atoms with Crippen molar-refractivity contribution in [2.24, 2.45) is 0 Å². The van der Waals surface area contributed by atoms with Crippen molar-refractivity contribution in [2.75, 3.05) is 20.3 Å². The van der Waals surface area contributed by atoms with Crippen molar-refractivity contribution >= 4 is 16.9 Å². The molecule has 0 unspecified atom stereocenters. The van der Waals surface area contributed by atoms with Gasteiger partial charge in [0, 0.05) is 10.9 Å². The Morgan fingerprint density at radius 2 is 1.81 bits per heavy atom. The molecular formula is C22H22O5. The first-order valence-corrected chi connectivity index (χ1v) is 8.68. The zero-order chi connectivity index (χ0) is 19.4. The lowest BCUT2D eigenvalue weighted by molar-refractivity contribution is 0.0529. The fourth-order valence-electron chi connectivity index (χ4n) is 2.72. The summed E-state index contributed by atoms with van der Waals surface area (Å²) in [6.45, 7) is 8.18. The van der Waals surface area contributed by atoms with Gasteiger partial charge in [-0.3, -0.25) is 0 Å². The van der Waals surface area contributed by atoms with Crippen LogP contribution in [0.3, 0.4) is 0 Å². The molecule has 3 aromatic rings. The van der Waals surface area contributed by atoms with Gasteiger partial charge in [0.25, 0.3) is 0 Å². The van der Waals surface area contributed by atoms with Crippen LogP contribution in [0.15, 0.2) is 59.0 Å². The number of rotatable bonds is 7. The van der Waals surface area contributed by atoms with E-state index in [4.69, 9.17) is 18.6 Å². The highest BCUT2D eigenvalue weighted by Gasteiger charge is 2.23. The molecule has 0 saturated carbocycles. The van der Waals surface area contributed by atoms with E-state index in [0.717, 1.165) is 16.9 Å². The molecule has 1 aromatic heterocycles. The van der Waals surface area contributed by atoms with E-state index in [1.807, 2.05) is 37.3 Å². The summed E-state index contributed by atoms with van der Waals surface area (Å²) in [4.78, 5) is 12.7. The molecule has 0 N–H and O–H groups in total. The number of ether oxygens (including phenoxy) is 3. The van der Waals surface area contributed by atoms with Gasteiger partial charge in [-0.2, -0.15) is 0 Å². The van der Waals surface area contributed by atoms with Gasteiger partial charge in [-0.15, -0.1) is 0 Å². The molecule has 5 heteroatoms. The minimum atomic E-state index is -0.431. The number of furan rings is 1. The zero-order valence-corrected chi connectivity index (χ0v) is 15.7. The fourth-order valence-corrected chi connectivity index (χ4v) is 2.72. The van der Waals surface area contributed by atoms with Crippen LogP contribution in [0.4, 0.5) is 0 Å². The Hall–Kier alpha value is -3.21. The molecule has 27 heavy (non-hydrogen) atoms. The maximum atomic E-state index is 12.7. The Morgan fingerprint density at radius 1 is 1.11 bits per heavy atom. The number of carbonyl (C=O) groups excluding carboxylic acids is 1. The van der Waals surface area contributed by atoms with Crippen LogP contribution < -0.4 is 9.47 Å². The zero-order valence-electron chi connectivity index (χ0n) is 15.7. The molecule has 1 heterocycles. The normalized spacial score (nSPS) is 10.6. The van der Waals surface area contributed by atoms with Gasteiger partial charge in [-0.05, 0) is 61.9 Å². The summed E-state index contributed by atoms with van der Waals surface area (Å²) < 4.78 is 22.2. The van der Waals surface area contributed by atoms with Crippen LogP contribution in [0.5, 0.6) is 11.5 Å². The number of fused-ring (bicyclic) bond motifs is 1. The quantitative estimate of drug-likeness (QED) is 0.423. The SMILES string of the molecule is C=C(C)COc1ccc2oc(-c3ccc(OC)cc3)c(C(=O)OCC)c2c1. The highest BCUT2D eigenvalue weighted by molar-refractivity contribution is 6.09. The summed E-state index contributed by atoms with van der Waals surface area (Å²) in [5, 5.41) is 0.651. The third-order valence-corrected chi connectivity index (χ3v) is 3.98. The molecule has 0 aliphatic carbocycles. The predicted molar refractivity (Wildman–Crippen MR) is 104 cm³/mol. The third-order valence-electron chi connectivity index (χ3n) is 3.98. The molecular weight excluding hydrogens is 344 g/mol. The second-order valence-corrected chi connectivity index (χ2v) is 6.16. The topological polar surface area (TPSA) is 57.9 Å². The molecule has 0 bridgehead atoms. The summed E-state index contributed by atoms with van der Waals surface area (Å²) in [6.07, 6.45) is 0. The Morgan fingerprint density at radius 3 is 2.44 bits per heavy atom. The summed E-state index contributed by atoms with van der Waals surface area (Å²) in [7, 11) is 1.60. The number of esters is 1. The third kappa shape index (κ3) is 3.97. The Kier molecular flexibility index (Phi) is 5.50. The van der Waals surface area contributed by atoms with Crippen LogP contribution in [0.1, 0.15) is 24.2 Å². The highest BCUT2D eigenvalue weighted by atomic mass is 16.5. The fraction of sp³-hybridized carbons (Fsp3) is 0.227. The van der Waals surface area contributed by atoms with Crippen LogP contribution in [0.2, 0.25) is 0 Å². The molecule has 0 amide bonds. The van der Waals surface area contributed by atoms with Crippen LogP contribution in [0.25, 0.3) is 22.3 Å². The van der Waals surface area contributed by atoms with Crippen molar-refractivity contribution in [3.63, 3.8) is 0 Å². The number of benzene rings is 2. The predicted octanol–water partition coefficient (Wildman–Crippen LogP) is 5.24. The summed E-state index contributed by atoms with van der Waals surface area (Å²) in [6, 6.07) is 12.7. The number of hydrogen-bond acceptors (Lipinski definition) is 5. The minimum absolute atomic E-state index is 0.277. The van der Waals surface area contributed by atoms with Crippen molar-refractivity contribution in [3.05, 3.63) is 60.2 Å². The van der Waals surface area contributed by atoms with Gasteiger partial charge in [0.1, 0.15) is 35.0 Å². The first kappa shape index (κ1) is 18.6. The first-order chi connectivity index (χ1) is 13.0. The first-order valence-electron chi connectivity index (χ1n) is 8.68. The Labute approximate surface area is 158 Å². The summed E-state index contributed by atoms with van der Waals surface area (Å²) in [5.41, 5.74) is 2.65. The maximum absolute atomic E-state index is 12.7. The maximum Gasteiger partial charge on any atom is 0.342 e. The van der Waals surface area contributed by atoms with E-state index in [9.17, 15) is 4.79 Å². The molecule has 0 fully saturated rings. The van der Waals surface area contributed by atoms with Gasteiger partial charge in [-0.1, -0.05) is 6.58 Å². The second-order valence-electron chi connectivity index (χ2n) is 6.16. The molecule has 0 spiro atoms. The van der Waals surface area contributed by atoms with Crippen molar-refractivity contribution in [2.45, 2.75) is 13.8 Å². The van der Waals surface area contributed by atoms with E-state index in [2.05, 4.69) is 6.58 Å². The average Bonchev–Trinajstić information content (AvgIpc) is 3.05. The van der Waals surface area contributed by atoms with Gasteiger partial charge in [0.2, 0.25) is 0 Å². The highest BCUT2D eigenvalue weighted by Crippen LogP contribution is 2.36. The lowest BCUT2D eigenvalue weighted by Gasteiger charge is -2.06. The lowest BCUT2D eigenvalue weighted by Crippen LogP contribution is -2.05. The van der Waals surface area contributed by atoms with E-state index < -0.39 is 5.97 Å². The van der Waals surface area contributed by atoms with Gasteiger partial charge < -0.3 is 18.6 Å². The van der Waals surface area contributed by atoms with E-state index in [1.54, 1.807) is 26.2 Å². The van der Waals surface area contributed by atoms with Crippen LogP contribution >= 0.6 is 0 Å². The van der Waals surface area contributed by atoms with Crippen LogP contribution in [0, 0.1) is 0 Å². The molecule has 0 atom stereocenters. The number of methoxy groups -OCH3 is 1. The van der Waals surface area contributed by atoms with E-state index in [1.165, 1.54) is 0 Å². The van der Waals surface area contributed by atoms with E-state index in [0.29, 0.717) is 34.6 Å². The van der Waals surface area contributed by atoms with Gasteiger partial charge >= 0.3 is 5.97 Å². The van der Waals surface area contributed by atoms with Crippen molar-refractivity contribution < 1.29 is 23.4 Å². The largest absolute Gasteiger partial charge is 0.497 e. The average molecular weight is 366 g/mol. The van der Waals surface area contributed by atoms with Crippen molar-refractivity contribution in [1.82, 2.24) is 0 Å². The summed E-state index contributed by atoms with van der Waals surface area (Å²) >= 11 is 0. The lowest BCUT2D eigenvalue weighted by atomic mass is 10.1. The second kappa shape index (κ2) is 7.99. The molecule has 0 radical (unpaired) electrons. The van der Waals surface area contributed by atoms with Gasteiger partial charge in [0.15, 0.2) is 0 Å². The molecule has 0 aliphatic heterocycles. The van der Waals surface area contributed by atoms with Crippen LogP contribution in [-0.2, 0) is 4.74 Å². The molecule has 0 aliphatic rings. The molecule has 2 aromatic carbocycles. The Balaban J connectivity index is 2.12. The van der Waals surface area contributed by atoms with Gasteiger partial charge in [0.05, 0.1) is 13.7 Å². The molecule has 0 saturated heterocycles. The van der Waals surface area contributed by atoms with E-state index >= 15 is 0 Å². The monoisotopic (exact) mass is 366 g/mol. The van der Waals surface area contributed by atoms with E-state index in [-0.39, 0.29) is 6.61 Å². The van der Waals surface area contributed by atoms with Gasteiger partial charge in [-0.25, -0.2) is 4.79 Å². The summed E-state index contributed by atoms with van der Waals surface area (Å²) in [5.74, 6) is 1.39. The van der Waals surface area contributed by atoms with Crippen molar-refractivity contribution in [1.29, 1.82) is 0 Å². The Bertz CT molecular complexity index is 966. The number of carbonyl (C=O) groups is 1. The smallest absolute Gasteiger partial charge is 0.342 e. The standard InChI is InChI=1S/C22H22O5/c1-5-25-22(23)20-18-12-17(26-13-14(2)3)10-11-19(18)27-21(20)15-6-8-16(24-4)9-7-15/h6-12H,2,5,13H2,1,3-4H3. The number of hydrogen-bond donors (Lipinski definition) is 0. The van der Waals surface area contributed by atoms with Crippen LogP contribution in [-0.4, -0.2) is 26.3 Å². The minimum Gasteiger partial charge on any atom is -0.497 e. The molecule has 140 valence electrons. The van der Waals surface area contributed by atoms with Crippen molar-refractivity contribution in [3.8, 4) is 22.8 Å². The molecule has 5 nitrogen and oxygen atoms in total.